The van der Waals surface area contributed by atoms with Crippen LogP contribution in [0.25, 0.3) is 11.1 Å². The molecule has 1 atom stereocenters. The Labute approximate surface area is 130 Å². The van der Waals surface area contributed by atoms with Crippen LogP contribution in [-0.2, 0) is 4.79 Å². The summed E-state index contributed by atoms with van der Waals surface area (Å²) in [5, 5.41) is 3.00. The van der Waals surface area contributed by atoms with Gasteiger partial charge < -0.3 is 5.32 Å². The second kappa shape index (κ2) is 6.35. The lowest BCUT2D eigenvalue weighted by Gasteiger charge is -2.11. The van der Waals surface area contributed by atoms with Gasteiger partial charge in [0.1, 0.15) is 0 Å². The van der Waals surface area contributed by atoms with Crippen molar-refractivity contribution >= 4 is 17.7 Å². The molecule has 1 aliphatic rings. The van der Waals surface area contributed by atoms with Crippen LogP contribution in [0.15, 0.2) is 59.5 Å². The van der Waals surface area contributed by atoms with E-state index >= 15 is 0 Å². The fraction of sp³-hybridized carbons (Fsp3) is 0.278. The lowest BCUT2D eigenvalue weighted by Crippen LogP contribution is -2.32. The van der Waals surface area contributed by atoms with Crippen molar-refractivity contribution in [3.8, 4) is 11.1 Å². The maximum atomic E-state index is 12.0. The van der Waals surface area contributed by atoms with Crippen molar-refractivity contribution in [2.45, 2.75) is 36.0 Å². The molecule has 1 saturated carbocycles. The van der Waals surface area contributed by atoms with Crippen molar-refractivity contribution in [3.05, 3.63) is 54.6 Å². The average molecular weight is 297 g/mol. The molecule has 2 aromatic carbocycles. The third-order valence-electron chi connectivity index (χ3n) is 3.57. The Kier molecular flexibility index (Phi) is 4.30. The molecule has 0 spiro atoms. The number of hydrogen-bond acceptors (Lipinski definition) is 2. The van der Waals surface area contributed by atoms with E-state index in [-0.39, 0.29) is 11.2 Å². The fourth-order valence-corrected chi connectivity index (χ4v) is 3.04. The topological polar surface area (TPSA) is 29.1 Å². The monoisotopic (exact) mass is 297 g/mol. The molecule has 1 unspecified atom stereocenters. The Balaban J connectivity index is 1.62. The number of benzene rings is 2. The van der Waals surface area contributed by atoms with Crippen LogP contribution in [0.2, 0.25) is 0 Å². The molecule has 0 heterocycles. The number of carbonyl (C=O) groups is 1. The van der Waals surface area contributed by atoms with E-state index in [1.807, 2.05) is 25.1 Å². The molecule has 0 aromatic heterocycles. The Bertz CT molecular complexity index is 605. The predicted octanol–water partition coefficient (Wildman–Crippen LogP) is 4.11. The number of thioether (sulfide) groups is 1. The van der Waals surface area contributed by atoms with Crippen molar-refractivity contribution in [1.82, 2.24) is 5.32 Å². The van der Waals surface area contributed by atoms with Crippen LogP contribution in [0.4, 0.5) is 0 Å². The lowest BCUT2D eigenvalue weighted by atomic mass is 10.1. The highest BCUT2D eigenvalue weighted by molar-refractivity contribution is 8.00. The standard InChI is InChI=1S/C18H19NOS/c1-13(18(20)19-16-9-10-16)21-17-11-7-15(8-12-17)14-5-3-2-4-6-14/h2-8,11-13,16H,9-10H2,1H3,(H,19,20). The van der Waals surface area contributed by atoms with E-state index in [0.29, 0.717) is 6.04 Å². The molecule has 0 saturated heterocycles. The van der Waals surface area contributed by atoms with Crippen LogP contribution >= 0.6 is 11.8 Å². The van der Waals surface area contributed by atoms with Crippen molar-refractivity contribution in [2.24, 2.45) is 0 Å². The molecule has 1 aliphatic carbocycles. The first-order chi connectivity index (χ1) is 10.2. The third kappa shape index (κ3) is 3.88. The minimum Gasteiger partial charge on any atom is -0.352 e. The predicted molar refractivity (Wildman–Crippen MR) is 88.4 cm³/mol. The molecule has 1 fully saturated rings. The summed E-state index contributed by atoms with van der Waals surface area (Å²) in [6.45, 7) is 1.97. The van der Waals surface area contributed by atoms with Gasteiger partial charge in [-0.1, -0.05) is 42.5 Å². The summed E-state index contributed by atoms with van der Waals surface area (Å²) in [6, 6.07) is 19.2. The lowest BCUT2D eigenvalue weighted by molar-refractivity contribution is -0.120. The molecule has 3 rings (SSSR count). The molecule has 2 aromatic rings. The van der Waals surface area contributed by atoms with Gasteiger partial charge in [-0.15, -0.1) is 11.8 Å². The van der Waals surface area contributed by atoms with Crippen LogP contribution in [0.3, 0.4) is 0 Å². The summed E-state index contributed by atoms with van der Waals surface area (Å²) < 4.78 is 0. The SMILES string of the molecule is CC(Sc1ccc(-c2ccccc2)cc1)C(=O)NC1CC1. The first kappa shape index (κ1) is 14.2. The van der Waals surface area contributed by atoms with Gasteiger partial charge in [-0.3, -0.25) is 4.79 Å². The zero-order chi connectivity index (χ0) is 14.7. The van der Waals surface area contributed by atoms with E-state index in [9.17, 15) is 4.79 Å². The van der Waals surface area contributed by atoms with Crippen LogP contribution in [0.1, 0.15) is 19.8 Å². The van der Waals surface area contributed by atoms with Gasteiger partial charge in [-0.25, -0.2) is 0 Å². The fourth-order valence-electron chi connectivity index (χ4n) is 2.16. The van der Waals surface area contributed by atoms with E-state index < -0.39 is 0 Å². The molecule has 0 bridgehead atoms. The molecule has 0 aliphatic heterocycles. The largest absolute Gasteiger partial charge is 0.352 e. The number of hydrogen-bond donors (Lipinski definition) is 1. The summed E-state index contributed by atoms with van der Waals surface area (Å²) in [5.41, 5.74) is 2.42. The number of rotatable bonds is 5. The van der Waals surface area contributed by atoms with E-state index in [4.69, 9.17) is 0 Å². The average Bonchev–Trinajstić information content (AvgIpc) is 3.33. The van der Waals surface area contributed by atoms with Gasteiger partial charge in [0.15, 0.2) is 0 Å². The molecule has 0 radical (unpaired) electrons. The van der Waals surface area contributed by atoms with Crippen molar-refractivity contribution in [2.75, 3.05) is 0 Å². The summed E-state index contributed by atoms with van der Waals surface area (Å²) >= 11 is 1.61. The van der Waals surface area contributed by atoms with Crippen LogP contribution in [0, 0.1) is 0 Å². The van der Waals surface area contributed by atoms with Crippen molar-refractivity contribution < 1.29 is 4.79 Å². The van der Waals surface area contributed by atoms with Gasteiger partial charge in [-0.2, -0.15) is 0 Å². The minimum absolute atomic E-state index is 0.0480. The van der Waals surface area contributed by atoms with Crippen LogP contribution < -0.4 is 5.32 Å². The van der Waals surface area contributed by atoms with E-state index in [1.165, 1.54) is 11.1 Å². The van der Waals surface area contributed by atoms with E-state index in [1.54, 1.807) is 11.8 Å². The van der Waals surface area contributed by atoms with Gasteiger partial charge in [0.05, 0.1) is 5.25 Å². The van der Waals surface area contributed by atoms with Crippen molar-refractivity contribution in [1.29, 1.82) is 0 Å². The summed E-state index contributed by atoms with van der Waals surface area (Å²) in [6.07, 6.45) is 2.27. The summed E-state index contributed by atoms with van der Waals surface area (Å²) in [5.74, 6) is 0.148. The van der Waals surface area contributed by atoms with Crippen LogP contribution in [0.5, 0.6) is 0 Å². The maximum Gasteiger partial charge on any atom is 0.233 e. The van der Waals surface area contributed by atoms with Gasteiger partial charge in [0, 0.05) is 10.9 Å². The van der Waals surface area contributed by atoms with Gasteiger partial charge >= 0.3 is 0 Å². The van der Waals surface area contributed by atoms with Gasteiger partial charge in [0.25, 0.3) is 0 Å². The Morgan fingerprint density at radius 3 is 2.29 bits per heavy atom. The van der Waals surface area contributed by atoms with Crippen molar-refractivity contribution in [3.63, 3.8) is 0 Å². The second-order valence-electron chi connectivity index (χ2n) is 5.43. The Morgan fingerprint density at radius 2 is 1.67 bits per heavy atom. The highest BCUT2D eigenvalue weighted by atomic mass is 32.2. The first-order valence-corrected chi connectivity index (χ1v) is 8.23. The second-order valence-corrected chi connectivity index (χ2v) is 6.85. The minimum atomic E-state index is -0.0480. The zero-order valence-corrected chi connectivity index (χ0v) is 12.9. The van der Waals surface area contributed by atoms with E-state index in [0.717, 1.165) is 17.7 Å². The summed E-state index contributed by atoms with van der Waals surface area (Å²) in [4.78, 5) is 13.1. The third-order valence-corrected chi connectivity index (χ3v) is 4.68. The Morgan fingerprint density at radius 1 is 1.05 bits per heavy atom. The van der Waals surface area contributed by atoms with Gasteiger partial charge in [0.2, 0.25) is 5.91 Å². The highest BCUT2D eigenvalue weighted by Gasteiger charge is 2.25. The smallest absolute Gasteiger partial charge is 0.233 e. The molecule has 21 heavy (non-hydrogen) atoms. The highest BCUT2D eigenvalue weighted by Crippen LogP contribution is 2.28. The summed E-state index contributed by atoms with van der Waals surface area (Å²) in [7, 11) is 0. The molecule has 108 valence electrons. The molecule has 3 heteroatoms. The Hall–Kier alpha value is -1.74. The first-order valence-electron chi connectivity index (χ1n) is 7.35. The number of nitrogens with one attached hydrogen (secondary N) is 1. The molecule has 1 N–H and O–H groups in total. The normalized spacial score (nSPS) is 15.5. The molecule has 2 nitrogen and oxygen atoms in total. The van der Waals surface area contributed by atoms with E-state index in [2.05, 4.69) is 41.7 Å². The van der Waals surface area contributed by atoms with Gasteiger partial charge in [-0.05, 0) is 43.0 Å². The van der Waals surface area contributed by atoms with Crippen LogP contribution in [-0.4, -0.2) is 17.2 Å². The quantitative estimate of drug-likeness (QED) is 0.841. The number of amides is 1. The zero-order valence-electron chi connectivity index (χ0n) is 12.1. The number of carbonyl (C=O) groups excluding carboxylic acids is 1. The molecule has 1 amide bonds. The molecular formula is C18H19NOS. The molecular weight excluding hydrogens is 278 g/mol. The maximum absolute atomic E-state index is 12.0.